The van der Waals surface area contributed by atoms with E-state index in [1.807, 2.05) is 5.01 Å². The number of aliphatic hydroxyl groups is 1. The lowest BCUT2D eigenvalue weighted by Gasteiger charge is -2.14. The highest BCUT2D eigenvalue weighted by atomic mass is 16.3. The molecule has 0 saturated heterocycles. The molecule has 0 rings (SSSR count). The molecule has 0 atom stereocenters. The number of aliphatic hydroxyl groups excluding tert-OH is 1. The van der Waals surface area contributed by atoms with Crippen LogP contribution in [0.25, 0.3) is 0 Å². The molecule has 0 heterocycles. The number of rotatable bonds is 11. The molecule has 0 radical (unpaired) electrons. The lowest BCUT2D eigenvalue weighted by atomic mass is 10.1. The molecule has 0 bridgehead atoms. The Morgan fingerprint density at radius 1 is 0.867 bits per heavy atom. The molecule has 0 spiro atoms. The van der Waals surface area contributed by atoms with Crippen LogP contribution in [0.1, 0.15) is 58.3 Å². The van der Waals surface area contributed by atoms with Crippen molar-refractivity contribution in [3.8, 4) is 0 Å². The summed E-state index contributed by atoms with van der Waals surface area (Å²) in [6.07, 6.45) is 10.0. The second kappa shape index (κ2) is 12.0. The minimum absolute atomic E-state index is 0.241. The van der Waals surface area contributed by atoms with Crippen molar-refractivity contribution in [1.82, 2.24) is 5.01 Å². The second-order valence-corrected chi connectivity index (χ2v) is 4.23. The minimum atomic E-state index is 0.241. The molecule has 92 valence electrons. The Bertz CT molecular complexity index is 120. The number of unbranched alkanes of at least 4 members (excludes halogenated alkanes) is 6. The van der Waals surface area contributed by atoms with Crippen molar-refractivity contribution >= 4 is 0 Å². The van der Waals surface area contributed by atoms with Crippen LogP contribution in [-0.2, 0) is 0 Å². The van der Waals surface area contributed by atoms with Crippen LogP contribution >= 0.6 is 0 Å². The standard InChI is InChI=1S/C12H28N2O/c1-2-3-4-5-6-7-8-10-14(13)11-9-12-15/h15H,2-13H2,1H3. The van der Waals surface area contributed by atoms with E-state index >= 15 is 0 Å². The zero-order chi connectivity index (χ0) is 11.4. The Kier molecular flexibility index (Phi) is 11.9. The van der Waals surface area contributed by atoms with Crippen molar-refractivity contribution in [2.24, 2.45) is 5.84 Å². The smallest absolute Gasteiger partial charge is 0.0443 e. The Morgan fingerprint density at radius 3 is 2.00 bits per heavy atom. The molecule has 15 heavy (non-hydrogen) atoms. The fraction of sp³-hybridized carbons (Fsp3) is 1.00. The second-order valence-electron chi connectivity index (χ2n) is 4.23. The Hall–Kier alpha value is -0.120. The molecule has 0 amide bonds. The quantitative estimate of drug-likeness (QED) is 0.316. The van der Waals surface area contributed by atoms with Gasteiger partial charge in [-0.3, -0.25) is 5.84 Å². The maximum Gasteiger partial charge on any atom is 0.0443 e. The van der Waals surface area contributed by atoms with E-state index in [1.54, 1.807) is 0 Å². The van der Waals surface area contributed by atoms with Gasteiger partial charge in [0.25, 0.3) is 0 Å². The van der Waals surface area contributed by atoms with Crippen molar-refractivity contribution in [3.63, 3.8) is 0 Å². The van der Waals surface area contributed by atoms with E-state index in [2.05, 4.69) is 6.92 Å². The number of hydrogen-bond donors (Lipinski definition) is 2. The predicted molar refractivity (Wildman–Crippen MR) is 65.5 cm³/mol. The normalized spacial score (nSPS) is 11.2. The van der Waals surface area contributed by atoms with Crippen molar-refractivity contribution < 1.29 is 5.11 Å². The van der Waals surface area contributed by atoms with Crippen LogP contribution < -0.4 is 5.84 Å². The molecule has 3 nitrogen and oxygen atoms in total. The fourth-order valence-electron chi connectivity index (χ4n) is 1.66. The first-order chi connectivity index (χ1) is 7.31. The van der Waals surface area contributed by atoms with Gasteiger partial charge in [0, 0.05) is 19.7 Å². The predicted octanol–water partition coefficient (Wildman–Crippen LogP) is 2.30. The summed E-state index contributed by atoms with van der Waals surface area (Å²) >= 11 is 0. The molecule has 3 N–H and O–H groups in total. The SMILES string of the molecule is CCCCCCCCCN(N)CCCO. The van der Waals surface area contributed by atoms with Gasteiger partial charge in [-0.2, -0.15) is 0 Å². The maximum atomic E-state index is 8.62. The number of hydrogen-bond acceptors (Lipinski definition) is 3. The number of nitrogens with two attached hydrogens (primary N) is 1. The maximum absolute atomic E-state index is 8.62. The van der Waals surface area contributed by atoms with Gasteiger partial charge in [0.05, 0.1) is 0 Å². The highest BCUT2D eigenvalue weighted by Crippen LogP contribution is 2.06. The van der Waals surface area contributed by atoms with Crippen LogP contribution in [0.4, 0.5) is 0 Å². The van der Waals surface area contributed by atoms with E-state index in [0.717, 1.165) is 19.5 Å². The van der Waals surface area contributed by atoms with Gasteiger partial charge in [-0.05, 0) is 12.8 Å². The van der Waals surface area contributed by atoms with Gasteiger partial charge < -0.3 is 5.11 Å². The first kappa shape index (κ1) is 14.9. The molecule has 0 aliphatic carbocycles. The van der Waals surface area contributed by atoms with Gasteiger partial charge in [-0.15, -0.1) is 0 Å². The van der Waals surface area contributed by atoms with E-state index in [0.29, 0.717) is 0 Å². The summed E-state index contributed by atoms with van der Waals surface area (Å²) in [5, 5.41) is 10.4. The third-order valence-electron chi connectivity index (χ3n) is 2.65. The molecule has 0 saturated carbocycles. The third kappa shape index (κ3) is 11.8. The molecule has 0 fully saturated rings. The number of hydrazine groups is 1. The first-order valence-corrected chi connectivity index (χ1v) is 6.41. The lowest BCUT2D eigenvalue weighted by molar-refractivity contribution is 0.224. The van der Waals surface area contributed by atoms with Gasteiger partial charge in [0.1, 0.15) is 0 Å². The average Bonchev–Trinajstić information content (AvgIpc) is 2.25. The van der Waals surface area contributed by atoms with Crippen molar-refractivity contribution in [1.29, 1.82) is 0 Å². The molecule has 0 aromatic heterocycles. The van der Waals surface area contributed by atoms with E-state index in [9.17, 15) is 0 Å². The Balaban J connectivity index is 3.02. The molecule has 0 aromatic carbocycles. The van der Waals surface area contributed by atoms with Crippen LogP contribution in [0.3, 0.4) is 0 Å². The van der Waals surface area contributed by atoms with Crippen LogP contribution in [0.5, 0.6) is 0 Å². The van der Waals surface area contributed by atoms with E-state index in [4.69, 9.17) is 10.9 Å². The lowest BCUT2D eigenvalue weighted by Crippen LogP contribution is -2.33. The molecular weight excluding hydrogens is 188 g/mol. The molecule has 0 unspecified atom stereocenters. The van der Waals surface area contributed by atoms with Crippen LogP contribution in [-0.4, -0.2) is 29.8 Å². The average molecular weight is 216 g/mol. The fourth-order valence-corrected chi connectivity index (χ4v) is 1.66. The highest BCUT2D eigenvalue weighted by Gasteiger charge is 1.97. The Morgan fingerprint density at radius 2 is 1.40 bits per heavy atom. The van der Waals surface area contributed by atoms with Gasteiger partial charge >= 0.3 is 0 Å². The number of nitrogens with zero attached hydrogens (tertiary/aromatic N) is 1. The molecular formula is C12H28N2O. The van der Waals surface area contributed by atoms with Crippen molar-refractivity contribution in [3.05, 3.63) is 0 Å². The minimum Gasteiger partial charge on any atom is -0.396 e. The van der Waals surface area contributed by atoms with Crippen molar-refractivity contribution in [2.45, 2.75) is 58.3 Å². The van der Waals surface area contributed by atoms with Crippen LogP contribution in [0.15, 0.2) is 0 Å². The summed E-state index contributed by atoms with van der Waals surface area (Å²) in [7, 11) is 0. The summed E-state index contributed by atoms with van der Waals surface area (Å²) in [6, 6.07) is 0. The van der Waals surface area contributed by atoms with Crippen LogP contribution in [0, 0.1) is 0 Å². The first-order valence-electron chi connectivity index (χ1n) is 6.41. The summed E-state index contributed by atoms with van der Waals surface area (Å²) in [5.41, 5.74) is 0. The van der Waals surface area contributed by atoms with E-state index in [1.165, 1.54) is 44.9 Å². The highest BCUT2D eigenvalue weighted by molar-refractivity contribution is 4.51. The van der Waals surface area contributed by atoms with Gasteiger partial charge in [-0.1, -0.05) is 45.4 Å². The van der Waals surface area contributed by atoms with Gasteiger partial charge in [0.2, 0.25) is 0 Å². The van der Waals surface area contributed by atoms with Gasteiger partial charge in [0.15, 0.2) is 0 Å². The Labute approximate surface area is 94.6 Å². The monoisotopic (exact) mass is 216 g/mol. The molecule has 0 aromatic rings. The van der Waals surface area contributed by atoms with Crippen LogP contribution in [0.2, 0.25) is 0 Å². The topological polar surface area (TPSA) is 49.5 Å². The zero-order valence-corrected chi connectivity index (χ0v) is 10.2. The largest absolute Gasteiger partial charge is 0.396 e. The summed E-state index contributed by atoms with van der Waals surface area (Å²) < 4.78 is 0. The summed E-state index contributed by atoms with van der Waals surface area (Å²) in [5.74, 6) is 5.74. The third-order valence-corrected chi connectivity index (χ3v) is 2.65. The van der Waals surface area contributed by atoms with Gasteiger partial charge in [-0.25, -0.2) is 5.01 Å². The van der Waals surface area contributed by atoms with E-state index in [-0.39, 0.29) is 6.61 Å². The summed E-state index contributed by atoms with van der Waals surface area (Å²) in [4.78, 5) is 0. The zero-order valence-electron chi connectivity index (χ0n) is 10.2. The molecule has 0 aliphatic rings. The summed E-state index contributed by atoms with van der Waals surface area (Å²) in [6.45, 7) is 4.26. The molecule has 3 heteroatoms. The van der Waals surface area contributed by atoms with Crippen molar-refractivity contribution in [2.75, 3.05) is 19.7 Å². The molecule has 0 aliphatic heterocycles. The van der Waals surface area contributed by atoms with E-state index < -0.39 is 0 Å².